The van der Waals surface area contributed by atoms with Crippen molar-refractivity contribution in [3.05, 3.63) is 0 Å². The maximum Gasteiger partial charge on any atom is 0.251 e. The van der Waals surface area contributed by atoms with Gasteiger partial charge in [0.1, 0.15) is 0 Å². The lowest BCUT2D eigenvalue weighted by atomic mass is 9.92. The number of carbonyl (C=O) groups is 1. The second-order valence-electron chi connectivity index (χ2n) is 3.83. The van der Waals surface area contributed by atoms with Gasteiger partial charge in [-0.2, -0.15) is 10.4 Å². The molecule has 0 aromatic carbocycles. The number of amides is 1. The quantitative estimate of drug-likeness (QED) is 0.680. The summed E-state index contributed by atoms with van der Waals surface area (Å²) >= 11 is 0. The van der Waals surface area contributed by atoms with E-state index in [1.807, 2.05) is 26.8 Å². The smallest absolute Gasteiger partial charge is 0.251 e. The minimum Gasteiger partial charge on any atom is -0.272 e. The minimum absolute atomic E-state index is 0.0350. The van der Waals surface area contributed by atoms with Crippen LogP contribution >= 0.6 is 0 Å². The summed E-state index contributed by atoms with van der Waals surface area (Å²) in [5.74, 6) is 0.222. The van der Waals surface area contributed by atoms with E-state index in [9.17, 15) is 4.79 Å². The molecular weight excluding hydrogens is 178 g/mol. The Balaban J connectivity index is 2.69. The van der Waals surface area contributed by atoms with Gasteiger partial charge in [0.25, 0.3) is 5.91 Å². The van der Waals surface area contributed by atoms with Crippen molar-refractivity contribution in [2.75, 3.05) is 6.54 Å². The third-order valence-corrected chi connectivity index (χ3v) is 2.35. The molecule has 0 aromatic rings. The molecular formula is C10H15N3O. The van der Waals surface area contributed by atoms with Gasteiger partial charge in [0.05, 0.1) is 25.0 Å². The lowest BCUT2D eigenvalue weighted by molar-refractivity contribution is -0.132. The van der Waals surface area contributed by atoms with Crippen molar-refractivity contribution >= 4 is 11.6 Å². The van der Waals surface area contributed by atoms with Crippen molar-refractivity contribution < 1.29 is 4.79 Å². The predicted octanol–water partition coefficient (Wildman–Crippen LogP) is 1.39. The van der Waals surface area contributed by atoms with Crippen LogP contribution in [0.15, 0.2) is 5.10 Å². The van der Waals surface area contributed by atoms with Gasteiger partial charge >= 0.3 is 0 Å². The highest BCUT2D eigenvalue weighted by Crippen LogP contribution is 2.22. The van der Waals surface area contributed by atoms with E-state index in [4.69, 9.17) is 5.26 Å². The first-order chi connectivity index (χ1) is 6.57. The normalized spacial score (nSPS) is 21.4. The molecule has 0 fully saturated rings. The van der Waals surface area contributed by atoms with Crippen molar-refractivity contribution in [1.29, 1.82) is 5.26 Å². The fourth-order valence-corrected chi connectivity index (χ4v) is 1.72. The Morgan fingerprint density at radius 2 is 2.29 bits per heavy atom. The van der Waals surface area contributed by atoms with Crippen LogP contribution in [0.2, 0.25) is 0 Å². The van der Waals surface area contributed by atoms with Crippen molar-refractivity contribution in [1.82, 2.24) is 5.01 Å². The van der Waals surface area contributed by atoms with Gasteiger partial charge in [0.2, 0.25) is 0 Å². The third kappa shape index (κ3) is 1.92. The molecule has 14 heavy (non-hydrogen) atoms. The van der Waals surface area contributed by atoms with Gasteiger partial charge in [-0.25, -0.2) is 5.01 Å². The number of hydrogen-bond acceptors (Lipinski definition) is 3. The van der Waals surface area contributed by atoms with Crippen LogP contribution < -0.4 is 0 Å². The van der Waals surface area contributed by atoms with Crippen molar-refractivity contribution in [2.45, 2.75) is 27.2 Å². The van der Waals surface area contributed by atoms with Crippen molar-refractivity contribution in [2.24, 2.45) is 16.9 Å². The van der Waals surface area contributed by atoms with E-state index in [0.717, 1.165) is 5.71 Å². The van der Waals surface area contributed by atoms with Crippen LogP contribution in [-0.2, 0) is 4.79 Å². The van der Waals surface area contributed by atoms with Crippen molar-refractivity contribution in [3.63, 3.8) is 0 Å². The molecule has 1 atom stereocenters. The molecule has 1 amide bonds. The summed E-state index contributed by atoms with van der Waals surface area (Å²) in [6.45, 7) is 6.30. The molecule has 1 rings (SSSR count). The summed E-state index contributed by atoms with van der Waals surface area (Å²) in [6.07, 6.45) is 0.341. The molecule has 1 unspecified atom stereocenters. The molecule has 76 valence electrons. The Labute approximate surface area is 84.2 Å². The van der Waals surface area contributed by atoms with Gasteiger partial charge in [0, 0.05) is 5.71 Å². The molecule has 0 N–H and O–H groups in total. The maximum absolute atomic E-state index is 11.8. The Hall–Kier alpha value is -1.37. The molecule has 4 heteroatoms. The monoisotopic (exact) mass is 193 g/mol. The first kappa shape index (κ1) is 10.7. The van der Waals surface area contributed by atoms with E-state index < -0.39 is 0 Å². The molecule has 1 aliphatic heterocycles. The number of hydrogen-bond donors (Lipinski definition) is 0. The lowest BCUT2D eigenvalue weighted by Crippen LogP contribution is -2.30. The molecule has 0 radical (unpaired) electrons. The molecule has 0 aromatic heterocycles. The van der Waals surface area contributed by atoms with Crippen LogP contribution in [0.25, 0.3) is 0 Å². The first-order valence-corrected chi connectivity index (χ1v) is 4.81. The summed E-state index contributed by atoms with van der Waals surface area (Å²) in [7, 11) is 0. The van der Waals surface area contributed by atoms with Gasteiger partial charge < -0.3 is 0 Å². The second kappa shape index (κ2) is 4.23. The second-order valence-corrected chi connectivity index (χ2v) is 3.83. The number of nitrogens with zero attached hydrogens (tertiary/aromatic N) is 3. The average molecular weight is 193 g/mol. The lowest BCUT2D eigenvalue weighted by Gasteiger charge is -2.15. The van der Waals surface area contributed by atoms with Gasteiger partial charge in [-0.05, 0) is 12.8 Å². The predicted molar refractivity (Wildman–Crippen MR) is 53.4 cm³/mol. The molecule has 4 nitrogen and oxygen atoms in total. The average Bonchev–Trinajstić information content (AvgIpc) is 2.38. The molecule has 0 spiro atoms. The highest BCUT2D eigenvalue weighted by atomic mass is 16.2. The van der Waals surface area contributed by atoms with E-state index in [-0.39, 0.29) is 17.7 Å². The summed E-state index contributed by atoms with van der Waals surface area (Å²) < 4.78 is 0. The van der Waals surface area contributed by atoms with Crippen LogP contribution in [0.5, 0.6) is 0 Å². The summed E-state index contributed by atoms with van der Waals surface area (Å²) in [6, 6.07) is 2.01. The van der Waals surface area contributed by atoms with Gasteiger partial charge in [0.15, 0.2) is 0 Å². The molecule has 0 saturated heterocycles. The zero-order valence-corrected chi connectivity index (χ0v) is 8.82. The van der Waals surface area contributed by atoms with Gasteiger partial charge in [-0.3, -0.25) is 4.79 Å². The van der Waals surface area contributed by atoms with E-state index >= 15 is 0 Å². The summed E-state index contributed by atoms with van der Waals surface area (Å²) in [5, 5.41) is 14.0. The number of carbonyl (C=O) groups excluding carboxylic acids is 1. The van der Waals surface area contributed by atoms with Crippen LogP contribution in [0.4, 0.5) is 0 Å². The highest BCUT2D eigenvalue weighted by molar-refractivity contribution is 6.07. The highest BCUT2D eigenvalue weighted by Gasteiger charge is 2.34. The Morgan fingerprint density at radius 1 is 1.64 bits per heavy atom. The zero-order valence-electron chi connectivity index (χ0n) is 8.82. The molecule has 1 heterocycles. The SMILES string of the molecule is CC1=NN(CCC#N)C(=O)C1C(C)C. The third-order valence-electron chi connectivity index (χ3n) is 2.35. The van der Waals surface area contributed by atoms with E-state index in [0.29, 0.717) is 13.0 Å². The maximum atomic E-state index is 11.8. The molecule has 0 aliphatic carbocycles. The molecule has 1 aliphatic rings. The standard InChI is InChI=1S/C10H15N3O/c1-7(2)9-8(3)12-13(10(9)14)6-4-5-11/h7,9H,4,6H2,1-3H3. The number of hydrazone groups is 1. The first-order valence-electron chi connectivity index (χ1n) is 4.81. The van der Waals surface area contributed by atoms with Crippen LogP contribution in [0.1, 0.15) is 27.2 Å². The zero-order chi connectivity index (χ0) is 10.7. The van der Waals surface area contributed by atoms with Gasteiger partial charge in [-0.15, -0.1) is 0 Å². The molecule has 0 bridgehead atoms. The van der Waals surface area contributed by atoms with Crippen LogP contribution in [0, 0.1) is 23.2 Å². The van der Waals surface area contributed by atoms with E-state index in [1.165, 1.54) is 5.01 Å². The fourth-order valence-electron chi connectivity index (χ4n) is 1.72. The summed E-state index contributed by atoms with van der Waals surface area (Å²) in [4.78, 5) is 11.8. The van der Waals surface area contributed by atoms with Crippen molar-refractivity contribution in [3.8, 4) is 6.07 Å². The largest absolute Gasteiger partial charge is 0.272 e. The van der Waals surface area contributed by atoms with Crippen LogP contribution in [0.3, 0.4) is 0 Å². The minimum atomic E-state index is -0.0892. The topological polar surface area (TPSA) is 56.5 Å². The number of nitriles is 1. The van der Waals surface area contributed by atoms with E-state index in [2.05, 4.69) is 5.10 Å². The Kier molecular flexibility index (Phi) is 3.23. The number of rotatable bonds is 3. The fraction of sp³-hybridized carbons (Fsp3) is 0.700. The van der Waals surface area contributed by atoms with E-state index in [1.54, 1.807) is 0 Å². The summed E-state index contributed by atoms with van der Waals surface area (Å²) in [5.41, 5.74) is 0.864. The Bertz CT molecular complexity index is 301. The molecule has 0 saturated carbocycles. The van der Waals surface area contributed by atoms with Gasteiger partial charge in [-0.1, -0.05) is 13.8 Å². The van der Waals surface area contributed by atoms with Crippen LogP contribution in [-0.4, -0.2) is 23.2 Å². The Morgan fingerprint density at radius 3 is 2.71 bits per heavy atom.